The molecule has 8 heavy (non-hydrogen) atoms. The Kier molecular flexibility index (Phi) is 1.55. The normalized spacial score (nSPS) is 13.8. The fourth-order valence-corrected chi connectivity index (χ4v) is 0.903. The third-order valence-corrected chi connectivity index (χ3v) is 1.28. The van der Waals surface area contributed by atoms with Gasteiger partial charge in [0.05, 0.1) is 6.04 Å². The van der Waals surface area contributed by atoms with Crippen LogP contribution in [0.4, 0.5) is 0 Å². The Labute approximate surface area is 51.7 Å². The lowest BCUT2D eigenvalue weighted by atomic mass is 10.4. The molecule has 2 N–H and O–H groups in total. The third kappa shape index (κ3) is 1.02. The first-order chi connectivity index (χ1) is 3.80. The number of nitrogens with zero attached hydrogens (tertiary/aromatic N) is 2. The maximum atomic E-state index is 5.44. The molecule has 0 spiro atoms. The van der Waals surface area contributed by atoms with Crippen LogP contribution in [0, 0.1) is 0 Å². The van der Waals surface area contributed by atoms with Crippen LogP contribution in [-0.2, 0) is 0 Å². The average Bonchev–Trinajstić information content (AvgIpc) is 2.12. The molecule has 1 aromatic rings. The van der Waals surface area contributed by atoms with Crippen molar-refractivity contribution in [2.24, 2.45) is 5.73 Å². The molecule has 0 aliphatic heterocycles. The van der Waals surface area contributed by atoms with Crippen LogP contribution in [-0.4, -0.2) is 9.36 Å². The van der Waals surface area contributed by atoms with Crippen LogP contribution in [0.25, 0.3) is 0 Å². The quantitative estimate of drug-likeness (QED) is 0.602. The Morgan fingerprint density at radius 1 is 1.88 bits per heavy atom. The van der Waals surface area contributed by atoms with Crippen LogP contribution < -0.4 is 5.73 Å². The largest absolute Gasteiger partial charge is 0.322 e. The second kappa shape index (κ2) is 2.19. The van der Waals surface area contributed by atoms with Gasteiger partial charge in [-0.05, 0) is 18.5 Å². The van der Waals surface area contributed by atoms with Gasteiger partial charge in [-0.1, -0.05) is 0 Å². The first-order valence-electron chi connectivity index (χ1n) is 2.32. The highest BCUT2D eigenvalue weighted by atomic mass is 32.1. The predicted octanol–water partition coefficient (Wildman–Crippen LogP) is 0.558. The maximum Gasteiger partial charge on any atom is 0.158 e. The summed E-state index contributed by atoms with van der Waals surface area (Å²) in [6, 6.07) is -0.0266. The molecule has 0 saturated carbocycles. The summed E-state index contributed by atoms with van der Waals surface area (Å²) in [6.07, 6.45) is 0. The number of hydrogen-bond donors (Lipinski definition) is 1. The number of hydrogen-bond acceptors (Lipinski definition) is 4. The minimum atomic E-state index is -0.0266. The smallest absolute Gasteiger partial charge is 0.158 e. The second-order valence-corrected chi connectivity index (χ2v) is 2.18. The zero-order valence-electron chi connectivity index (χ0n) is 4.53. The van der Waals surface area contributed by atoms with Gasteiger partial charge in [-0.3, -0.25) is 0 Å². The SMILES string of the molecule is C[C@H](N)c1ncsn1. The minimum Gasteiger partial charge on any atom is -0.322 e. The molecule has 0 radical (unpaired) electrons. The Bertz CT molecular complexity index is 146. The average molecular weight is 129 g/mol. The number of nitrogens with two attached hydrogens (primary N) is 1. The maximum absolute atomic E-state index is 5.44. The van der Waals surface area contributed by atoms with E-state index in [-0.39, 0.29) is 6.04 Å². The van der Waals surface area contributed by atoms with Crippen molar-refractivity contribution in [1.29, 1.82) is 0 Å². The topological polar surface area (TPSA) is 51.8 Å². The summed E-state index contributed by atoms with van der Waals surface area (Å²) in [5.74, 6) is 0.731. The van der Waals surface area contributed by atoms with Crippen LogP contribution in [0.15, 0.2) is 5.51 Å². The molecule has 1 atom stereocenters. The van der Waals surface area contributed by atoms with Gasteiger partial charge in [-0.2, -0.15) is 4.37 Å². The third-order valence-electron chi connectivity index (χ3n) is 0.786. The van der Waals surface area contributed by atoms with Gasteiger partial charge >= 0.3 is 0 Å². The molecule has 0 fully saturated rings. The van der Waals surface area contributed by atoms with E-state index in [0.29, 0.717) is 0 Å². The van der Waals surface area contributed by atoms with E-state index in [1.807, 2.05) is 6.92 Å². The zero-order chi connectivity index (χ0) is 5.98. The standard InChI is InChI=1S/C4H7N3S/c1-3(5)4-6-2-8-7-4/h2-3H,5H2,1H3/t3-/m0/s1. The molecule has 1 heterocycles. The molecule has 0 unspecified atom stereocenters. The molecule has 3 nitrogen and oxygen atoms in total. The second-order valence-electron chi connectivity index (χ2n) is 1.58. The van der Waals surface area contributed by atoms with Crippen molar-refractivity contribution in [3.05, 3.63) is 11.3 Å². The van der Waals surface area contributed by atoms with E-state index in [4.69, 9.17) is 5.73 Å². The van der Waals surface area contributed by atoms with Crippen LogP contribution in [0.5, 0.6) is 0 Å². The minimum absolute atomic E-state index is 0.0266. The Morgan fingerprint density at radius 3 is 2.88 bits per heavy atom. The van der Waals surface area contributed by atoms with Gasteiger partial charge in [0.2, 0.25) is 0 Å². The Morgan fingerprint density at radius 2 is 2.62 bits per heavy atom. The summed E-state index contributed by atoms with van der Waals surface area (Å²) in [5.41, 5.74) is 7.12. The molecule has 1 rings (SSSR count). The summed E-state index contributed by atoms with van der Waals surface area (Å²) in [7, 11) is 0. The molecule has 0 amide bonds. The summed E-state index contributed by atoms with van der Waals surface area (Å²) in [4.78, 5) is 3.90. The van der Waals surface area contributed by atoms with Gasteiger partial charge in [-0.15, -0.1) is 0 Å². The number of rotatable bonds is 1. The van der Waals surface area contributed by atoms with E-state index in [9.17, 15) is 0 Å². The lowest BCUT2D eigenvalue weighted by Crippen LogP contribution is -2.06. The first-order valence-corrected chi connectivity index (χ1v) is 3.16. The molecule has 0 aromatic carbocycles. The van der Waals surface area contributed by atoms with Gasteiger partial charge in [-0.25, -0.2) is 4.98 Å². The fraction of sp³-hybridized carbons (Fsp3) is 0.500. The Hall–Kier alpha value is -0.480. The molecule has 0 saturated heterocycles. The van der Waals surface area contributed by atoms with E-state index in [1.54, 1.807) is 5.51 Å². The van der Waals surface area contributed by atoms with Crippen LogP contribution in [0.1, 0.15) is 18.8 Å². The van der Waals surface area contributed by atoms with Crippen LogP contribution >= 0.6 is 11.5 Å². The first kappa shape index (κ1) is 5.65. The van der Waals surface area contributed by atoms with Crippen molar-refractivity contribution in [3.63, 3.8) is 0 Å². The summed E-state index contributed by atoms with van der Waals surface area (Å²) < 4.78 is 3.92. The van der Waals surface area contributed by atoms with E-state index in [2.05, 4.69) is 9.36 Å². The van der Waals surface area contributed by atoms with Crippen molar-refractivity contribution in [2.45, 2.75) is 13.0 Å². The predicted molar refractivity (Wildman–Crippen MR) is 32.5 cm³/mol. The van der Waals surface area contributed by atoms with Crippen molar-refractivity contribution in [2.75, 3.05) is 0 Å². The van der Waals surface area contributed by atoms with Crippen molar-refractivity contribution in [3.8, 4) is 0 Å². The van der Waals surface area contributed by atoms with Crippen molar-refractivity contribution < 1.29 is 0 Å². The van der Waals surface area contributed by atoms with Crippen LogP contribution in [0.3, 0.4) is 0 Å². The molecular formula is C4H7N3S. The molecule has 0 aliphatic carbocycles. The highest BCUT2D eigenvalue weighted by molar-refractivity contribution is 7.03. The fourth-order valence-electron chi connectivity index (χ4n) is 0.379. The van der Waals surface area contributed by atoms with E-state index in [1.165, 1.54) is 11.5 Å². The van der Waals surface area contributed by atoms with Gasteiger partial charge in [0.15, 0.2) is 5.82 Å². The van der Waals surface area contributed by atoms with Gasteiger partial charge in [0, 0.05) is 0 Å². The summed E-state index contributed by atoms with van der Waals surface area (Å²) >= 11 is 1.33. The zero-order valence-corrected chi connectivity index (χ0v) is 5.35. The molecule has 1 aromatic heterocycles. The van der Waals surface area contributed by atoms with E-state index >= 15 is 0 Å². The molecular weight excluding hydrogens is 122 g/mol. The van der Waals surface area contributed by atoms with Gasteiger partial charge in [0.1, 0.15) is 5.51 Å². The highest BCUT2D eigenvalue weighted by Gasteiger charge is 1.99. The molecule has 0 bridgehead atoms. The lowest BCUT2D eigenvalue weighted by Gasteiger charge is -1.93. The van der Waals surface area contributed by atoms with Gasteiger partial charge in [0.25, 0.3) is 0 Å². The lowest BCUT2D eigenvalue weighted by molar-refractivity contribution is 0.760. The Balaban J connectivity index is 2.77. The summed E-state index contributed by atoms with van der Waals surface area (Å²) in [5, 5.41) is 0. The monoisotopic (exact) mass is 129 g/mol. The van der Waals surface area contributed by atoms with Crippen molar-refractivity contribution in [1.82, 2.24) is 9.36 Å². The molecule has 4 heteroatoms. The number of aromatic nitrogens is 2. The summed E-state index contributed by atoms with van der Waals surface area (Å²) in [6.45, 7) is 1.86. The highest BCUT2D eigenvalue weighted by Crippen LogP contribution is 2.02. The van der Waals surface area contributed by atoms with Crippen LogP contribution in [0.2, 0.25) is 0 Å². The molecule has 44 valence electrons. The van der Waals surface area contributed by atoms with E-state index < -0.39 is 0 Å². The van der Waals surface area contributed by atoms with Gasteiger partial charge < -0.3 is 5.73 Å². The van der Waals surface area contributed by atoms with E-state index in [0.717, 1.165) is 5.82 Å². The van der Waals surface area contributed by atoms with Crippen molar-refractivity contribution >= 4 is 11.5 Å². The molecule has 0 aliphatic rings.